The molecule has 160 valence electrons. The number of carbonyl (C=O) groups is 1. The summed E-state index contributed by atoms with van der Waals surface area (Å²) in [4.78, 5) is 40.2. The van der Waals surface area contributed by atoms with Gasteiger partial charge in [-0.2, -0.15) is 0 Å². The molecule has 0 bridgehead atoms. The van der Waals surface area contributed by atoms with Crippen molar-refractivity contribution in [1.82, 2.24) is 4.98 Å². The number of hydrogen-bond donors (Lipinski definition) is 0. The molecule has 1 fully saturated rings. The molecule has 1 aromatic heterocycles. The maximum Gasteiger partial charge on any atom is 0.340 e. The first kappa shape index (κ1) is 20.7. The van der Waals surface area contributed by atoms with Crippen LogP contribution in [0.4, 0.5) is 17.1 Å². The van der Waals surface area contributed by atoms with Gasteiger partial charge < -0.3 is 9.64 Å². The van der Waals surface area contributed by atoms with Gasteiger partial charge in [-0.3, -0.25) is 20.2 Å². The summed E-state index contributed by atoms with van der Waals surface area (Å²) >= 11 is 1.64. The average molecular weight is 442 g/mol. The highest BCUT2D eigenvalue weighted by Gasteiger charge is 2.34. The van der Waals surface area contributed by atoms with Crippen LogP contribution in [0.2, 0.25) is 0 Å². The van der Waals surface area contributed by atoms with Gasteiger partial charge in [0.25, 0.3) is 11.4 Å². The van der Waals surface area contributed by atoms with Crippen molar-refractivity contribution < 1.29 is 19.4 Å². The van der Waals surface area contributed by atoms with Gasteiger partial charge in [0.05, 0.1) is 43.8 Å². The highest BCUT2D eigenvalue weighted by atomic mass is 32.1. The second-order valence-electron chi connectivity index (χ2n) is 7.15. The number of thiazole rings is 1. The molecule has 0 radical (unpaired) electrons. The molecular formula is C20H18N4O6S. The number of aromatic nitrogens is 1. The monoisotopic (exact) mass is 442 g/mol. The Morgan fingerprint density at radius 3 is 2.48 bits per heavy atom. The van der Waals surface area contributed by atoms with Crippen LogP contribution in [0.15, 0.2) is 36.4 Å². The minimum Gasteiger partial charge on any atom is -0.465 e. The zero-order chi connectivity index (χ0) is 22.1. The predicted octanol–water partition coefficient (Wildman–Crippen LogP) is 4.28. The van der Waals surface area contributed by atoms with E-state index in [4.69, 9.17) is 9.72 Å². The van der Waals surface area contributed by atoms with Crippen LogP contribution in [-0.2, 0) is 4.74 Å². The molecule has 0 N–H and O–H groups in total. The fourth-order valence-electron chi connectivity index (χ4n) is 3.86. The van der Waals surface area contributed by atoms with E-state index >= 15 is 0 Å². The summed E-state index contributed by atoms with van der Waals surface area (Å²) in [6.07, 6.45) is 1.38. The van der Waals surface area contributed by atoms with E-state index in [1.165, 1.54) is 0 Å². The Morgan fingerprint density at radius 1 is 1.16 bits per heavy atom. The molecule has 10 nitrogen and oxygen atoms in total. The fraction of sp³-hybridized carbons (Fsp3) is 0.300. The van der Waals surface area contributed by atoms with Gasteiger partial charge in [-0.15, -0.1) is 11.3 Å². The van der Waals surface area contributed by atoms with E-state index in [0.29, 0.717) is 25.9 Å². The first-order valence-corrected chi connectivity index (χ1v) is 10.4. The van der Waals surface area contributed by atoms with Crippen LogP contribution >= 0.6 is 11.3 Å². The number of ether oxygens (including phenoxy) is 1. The maximum atomic E-state index is 12.3. The summed E-state index contributed by atoms with van der Waals surface area (Å²) in [5.41, 5.74) is -0.177. The molecule has 0 atom stereocenters. The number of fused-ring (bicyclic) bond motifs is 1. The van der Waals surface area contributed by atoms with Crippen molar-refractivity contribution >= 4 is 44.6 Å². The van der Waals surface area contributed by atoms with E-state index in [1.54, 1.807) is 16.2 Å². The lowest BCUT2D eigenvalue weighted by atomic mass is 9.96. The zero-order valence-corrected chi connectivity index (χ0v) is 17.3. The van der Waals surface area contributed by atoms with Crippen LogP contribution in [0.1, 0.15) is 34.1 Å². The van der Waals surface area contributed by atoms with Crippen molar-refractivity contribution in [3.05, 3.63) is 67.2 Å². The number of nitro benzene ring substituents is 2. The highest BCUT2D eigenvalue weighted by Crippen LogP contribution is 2.41. The summed E-state index contributed by atoms with van der Waals surface area (Å²) in [6, 6.07) is 9.82. The molecule has 0 spiro atoms. The number of esters is 1. The molecule has 0 aliphatic carbocycles. The number of para-hydroxylation sites is 1. The van der Waals surface area contributed by atoms with E-state index in [9.17, 15) is 25.0 Å². The van der Waals surface area contributed by atoms with Crippen molar-refractivity contribution in [3.63, 3.8) is 0 Å². The van der Waals surface area contributed by atoms with E-state index in [2.05, 4.69) is 0 Å². The molecule has 0 saturated carbocycles. The molecule has 2 aromatic carbocycles. The quantitative estimate of drug-likeness (QED) is 0.325. The molecule has 4 rings (SSSR count). The predicted molar refractivity (Wildman–Crippen MR) is 115 cm³/mol. The number of piperidine rings is 1. The Balaban J connectivity index is 1.66. The standard InChI is InChI=1S/C20H18N4O6S/c1-30-20(25)14-10-13(23(26)27)11-16(24(28)29)18(14)22-8-6-12(7-9-22)19-21-15-4-2-3-5-17(15)31-19/h2-5,10-12H,6-9H2,1H3. The van der Waals surface area contributed by atoms with Crippen molar-refractivity contribution in [3.8, 4) is 0 Å². The van der Waals surface area contributed by atoms with Crippen LogP contribution in [0.5, 0.6) is 0 Å². The van der Waals surface area contributed by atoms with Crippen molar-refractivity contribution in [2.45, 2.75) is 18.8 Å². The van der Waals surface area contributed by atoms with E-state index in [1.807, 2.05) is 24.3 Å². The van der Waals surface area contributed by atoms with Crippen LogP contribution < -0.4 is 4.90 Å². The van der Waals surface area contributed by atoms with E-state index in [-0.39, 0.29) is 17.2 Å². The summed E-state index contributed by atoms with van der Waals surface area (Å²) in [5.74, 6) is -0.651. The Hall–Kier alpha value is -3.60. The smallest absolute Gasteiger partial charge is 0.340 e. The topological polar surface area (TPSA) is 129 Å². The highest BCUT2D eigenvalue weighted by molar-refractivity contribution is 7.18. The van der Waals surface area contributed by atoms with Gasteiger partial charge in [0.1, 0.15) is 5.69 Å². The molecule has 1 saturated heterocycles. The molecule has 11 heteroatoms. The van der Waals surface area contributed by atoms with Gasteiger partial charge in [0, 0.05) is 25.1 Å². The van der Waals surface area contributed by atoms with Crippen LogP contribution in [0.3, 0.4) is 0 Å². The van der Waals surface area contributed by atoms with Crippen LogP contribution in [-0.4, -0.2) is 41.0 Å². The zero-order valence-electron chi connectivity index (χ0n) is 16.5. The third-order valence-corrected chi connectivity index (χ3v) is 6.56. The van der Waals surface area contributed by atoms with Gasteiger partial charge in [0.15, 0.2) is 0 Å². The molecule has 1 aliphatic rings. The molecule has 0 unspecified atom stereocenters. The Labute approximate surface area is 180 Å². The number of non-ortho nitro benzene ring substituents is 1. The van der Waals surface area contributed by atoms with Gasteiger partial charge in [-0.05, 0) is 25.0 Å². The number of hydrogen-bond acceptors (Lipinski definition) is 9. The van der Waals surface area contributed by atoms with Crippen molar-refractivity contribution in [2.24, 2.45) is 0 Å². The normalized spacial score (nSPS) is 14.5. The SMILES string of the molecule is COC(=O)c1cc([N+](=O)[O-])cc([N+](=O)[O-])c1N1CCC(c2nc3ccccc3s2)CC1. The Kier molecular flexibility index (Phi) is 5.51. The lowest BCUT2D eigenvalue weighted by molar-refractivity contribution is -0.393. The van der Waals surface area contributed by atoms with Gasteiger partial charge >= 0.3 is 5.97 Å². The summed E-state index contributed by atoms with van der Waals surface area (Å²) in [6.45, 7) is 0.895. The van der Waals surface area contributed by atoms with Crippen LogP contribution in [0.25, 0.3) is 10.2 Å². The first-order chi connectivity index (χ1) is 14.9. The van der Waals surface area contributed by atoms with Gasteiger partial charge in [-0.25, -0.2) is 9.78 Å². The minimum absolute atomic E-state index is 0.0604. The number of nitrogens with zero attached hydrogens (tertiary/aromatic N) is 4. The van der Waals surface area contributed by atoms with E-state index < -0.39 is 27.2 Å². The fourth-order valence-corrected chi connectivity index (χ4v) is 5.00. The minimum atomic E-state index is -0.852. The number of benzene rings is 2. The van der Waals surface area contributed by atoms with Crippen LogP contribution in [0, 0.1) is 20.2 Å². The summed E-state index contributed by atoms with van der Waals surface area (Å²) in [7, 11) is 1.14. The van der Waals surface area contributed by atoms with Gasteiger partial charge in [0.2, 0.25) is 0 Å². The van der Waals surface area contributed by atoms with Gasteiger partial charge in [-0.1, -0.05) is 12.1 Å². The van der Waals surface area contributed by atoms with Crippen molar-refractivity contribution in [1.29, 1.82) is 0 Å². The second-order valence-corrected chi connectivity index (χ2v) is 8.21. The third kappa shape index (κ3) is 3.91. The number of rotatable bonds is 5. The lowest BCUT2D eigenvalue weighted by Crippen LogP contribution is -2.34. The summed E-state index contributed by atoms with van der Waals surface area (Å²) < 4.78 is 5.85. The Bertz CT molecular complexity index is 1150. The lowest BCUT2D eigenvalue weighted by Gasteiger charge is -2.33. The number of carbonyl (C=O) groups excluding carboxylic acids is 1. The maximum absolute atomic E-state index is 12.3. The second kappa shape index (κ2) is 8.26. The molecule has 1 aliphatic heterocycles. The molecule has 2 heterocycles. The van der Waals surface area contributed by atoms with Crippen molar-refractivity contribution in [2.75, 3.05) is 25.1 Å². The number of nitro groups is 2. The Morgan fingerprint density at radius 2 is 1.87 bits per heavy atom. The largest absolute Gasteiger partial charge is 0.465 e. The number of anilines is 1. The molecule has 31 heavy (non-hydrogen) atoms. The van der Waals surface area contributed by atoms with E-state index in [0.717, 1.165) is 34.5 Å². The summed E-state index contributed by atoms with van der Waals surface area (Å²) in [5, 5.41) is 23.9. The molecular weight excluding hydrogens is 424 g/mol. The number of methoxy groups -OCH3 is 1. The molecule has 3 aromatic rings. The molecule has 0 amide bonds. The first-order valence-electron chi connectivity index (χ1n) is 9.54. The average Bonchev–Trinajstić information content (AvgIpc) is 3.22. The third-order valence-electron chi connectivity index (χ3n) is 5.36.